The molecule has 2 N–H and O–H groups in total. The number of piperidine rings is 1. The van der Waals surface area contributed by atoms with E-state index in [2.05, 4.69) is 26.8 Å². The number of aromatic nitrogens is 3. The van der Waals surface area contributed by atoms with Gasteiger partial charge in [-0.05, 0) is 32.2 Å². The van der Waals surface area contributed by atoms with E-state index in [1.54, 1.807) is 0 Å². The van der Waals surface area contributed by atoms with Crippen molar-refractivity contribution >= 4 is 5.95 Å². The maximum absolute atomic E-state index is 5.77. The molecule has 0 aliphatic carbocycles. The van der Waals surface area contributed by atoms with Gasteiger partial charge in [-0.2, -0.15) is 9.97 Å². The van der Waals surface area contributed by atoms with E-state index >= 15 is 0 Å². The van der Waals surface area contributed by atoms with Crippen molar-refractivity contribution in [3.63, 3.8) is 0 Å². The molecule has 0 amide bonds. The Morgan fingerprint density at radius 3 is 2.32 bits per heavy atom. The van der Waals surface area contributed by atoms with E-state index in [0.29, 0.717) is 24.5 Å². The van der Waals surface area contributed by atoms with Gasteiger partial charge in [0.15, 0.2) is 0 Å². The molecule has 0 spiro atoms. The first kappa shape index (κ1) is 13.8. The van der Waals surface area contributed by atoms with Crippen LogP contribution in [0.3, 0.4) is 0 Å². The van der Waals surface area contributed by atoms with Crippen LogP contribution in [-0.4, -0.2) is 48.3 Å². The van der Waals surface area contributed by atoms with E-state index in [1.165, 1.54) is 14.2 Å². The monoisotopic (exact) mass is 267 g/mol. The highest BCUT2D eigenvalue weighted by molar-refractivity contribution is 5.34. The Labute approximate surface area is 113 Å². The quantitative estimate of drug-likeness (QED) is 0.847. The van der Waals surface area contributed by atoms with Gasteiger partial charge in [0.2, 0.25) is 5.95 Å². The molecular formula is C12H21N5O2. The summed E-state index contributed by atoms with van der Waals surface area (Å²) < 4.78 is 10.2. The molecule has 2 atom stereocenters. The minimum Gasteiger partial charge on any atom is -0.467 e. The molecule has 2 rings (SSSR count). The molecule has 2 heterocycles. The topological polar surface area (TPSA) is 86.4 Å². The minimum absolute atomic E-state index is 0.268. The van der Waals surface area contributed by atoms with Crippen LogP contribution in [0, 0.1) is 5.92 Å². The lowest BCUT2D eigenvalue weighted by molar-refractivity contribution is 0.331. The second-order valence-electron chi connectivity index (χ2n) is 4.79. The van der Waals surface area contributed by atoms with Crippen LogP contribution in [0.4, 0.5) is 5.95 Å². The predicted octanol–water partition coefficient (Wildman–Crippen LogP) is 0.452. The molecule has 7 nitrogen and oxygen atoms in total. The van der Waals surface area contributed by atoms with Crippen LogP contribution in [0.5, 0.6) is 12.0 Å². The summed E-state index contributed by atoms with van der Waals surface area (Å²) in [4.78, 5) is 14.8. The fourth-order valence-electron chi connectivity index (χ4n) is 2.29. The Morgan fingerprint density at radius 2 is 1.79 bits per heavy atom. The first-order valence-electron chi connectivity index (χ1n) is 6.48. The Bertz CT molecular complexity index is 406. The number of nitrogens with two attached hydrogens (primary N) is 1. The van der Waals surface area contributed by atoms with Gasteiger partial charge in [-0.25, -0.2) is 0 Å². The van der Waals surface area contributed by atoms with E-state index in [4.69, 9.17) is 15.2 Å². The summed E-state index contributed by atoms with van der Waals surface area (Å²) in [5.41, 5.74) is 5.77. The lowest BCUT2D eigenvalue weighted by Crippen LogP contribution is -2.44. The van der Waals surface area contributed by atoms with Gasteiger partial charge in [-0.3, -0.25) is 0 Å². The number of ether oxygens (including phenoxy) is 2. The van der Waals surface area contributed by atoms with Gasteiger partial charge in [0, 0.05) is 12.6 Å². The Kier molecular flexibility index (Phi) is 4.36. The third kappa shape index (κ3) is 3.04. The van der Waals surface area contributed by atoms with Crippen molar-refractivity contribution in [2.45, 2.75) is 25.8 Å². The Balaban J connectivity index is 2.27. The molecule has 0 aromatic carbocycles. The highest BCUT2D eigenvalue weighted by Crippen LogP contribution is 2.26. The van der Waals surface area contributed by atoms with Crippen LogP contribution in [0.25, 0.3) is 0 Å². The van der Waals surface area contributed by atoms with Crippen molar-refractivity contribution in [3.05, 3.63) is 0 Å². The predicted molar refractivity (Wildman–Crippen MR) is 71.5 cm³/mol. The van der Waals surface area contributed by atoms with Gasteiger partial charge in [0.25, 0.3) is 0 Å². The van der Waals surface area contributed by atoms with Gasteiger partial charge >= 0.3 is 12.0 Å². The molecule has 0 saturated carbocycles. The maximum Gasteiger partial charge on any atom is 0.324 e. The molecule has 1 aliphatic rings. The zero-order chi connectivity index (χ0) is 13.8. The maximum atomic E-state index is 5.77. The van der Waals surface area contributed by atoms with Crippen LogP contribution in [-0.2, 0) is 0 Å². The largest absolute Gasteiger partial charge is 0.467 e. The van der Waals surface area contributed by atoms with Gasteiger partial charge < -0.3 is 20.1 Å². The van der Waals surface area contributed by atoms with Crippen molar-refractivity contribution in [1.82, 2.24) is 15.0 Å². The second-order valence-corrected chi connectivity index (χ2v) is 4.79. The average Bonchev–Trinajstić information content (AvgIpc) is 2.47. The molecular weight excluding hydrogens is 246 g/mol. The molecule has 0 bridgehead atoms. The van der Waals surface area contributed by atoms with Gasteiger partial charge in [0.1, 0.15) is 0 Å². The molecule has 1 saturated heterocycles. The Hall–Kier alpha value is -1.63. The van der Waals surface area contributed by atoms with E-state index < -0.39 is 0 Å². The van der Waals surface area contributed by atoms with Crippen LogP contribution in [0.15, 0.2) is 0 Å². The summed E-state index contributed by atoms with van der Waals surface area (Å²) in [6.07, 6.45) is 2.23. The van der Waals surface area contributed by atoms with E-state index in [1.807, 2.05) is 0 Å². The number of methoxy groups -OCH3 is 2. The van der Waals surface area contributed by atoms with Crippen molar-refractivity contribution in [2.24, 2.45) is 11.7 Å². The van der Waals surface area contributed by atoms with Crippen molar-refractivity contribution in [3.8, 4) is 12.0 Å². The van der Waals surface area contributed by atoms with E-state index in [9.17, 15) is 0 Å². The summed E-state index contributed by atoms with van der Waals surface area (Å²) in [5, 5.41) is 0. The van der Waals surface area contributed by atoms with Crippen molar-refractivity contribution in [2.75, 3.05) is 32.2 Å². The number of nitrogens with zero attached hydrogens (tertiary/aromatic N) is 4. The molecule has 2 unspecified atom stereocenters. The highest BCUT2D eigenvalue weighted by atomic mass is 16.5. The molecule has 1 fully saturated rings. The van der Waals surface area contributed by atoms with Gasteiger partial charge in [-0.1, -0.05) is 0 Å². The third-order valence-electron chi connectivity index (χ3n) is 3.52. The van der Waals surface area contributed by atoms with Gasteiger partial charge in [-0.15, -0.1) is 4.98 Å². The number of anilines is 1. The van der Waals surface area contributed by atoms with E-state index in [0.717, 1.165) is 19.4 Å². The van der Waals surface area contributed by atoms with Crippen LogP contribution < -0.4 is 20.1 Å². The second kappa shape index (κ2) is 6.01. The third-order valence-corrected chi connectivity index (χ3v) is 3.52. The minimum atomic E-state index is 0.268. The van der Waals surface area contributed by atoms with Gasteiger partial charge in [0.05, 0.1) is 14.2 Å². The molecule has 1 aliphatic heterocycles. The zero-order valence-electron chi connectivity index (χ0n) is 11.7. The summed E-state index contributed by atoms with van der Waals surface area (Å²) in [6, 6.07) is 0.910. The van der Waals surface area contributed by atoms with Crippen LogP contribution in [0.2, 0.25) is 0 Å². The summed E-state index contributed by atoms with van der Waals surface area (Å²) >= 11 is 0. The molecule has 0 radical (unpaired) electrons. The molecule has 7 heteroatoms. The lowest BCUT2D eigenvalue weighted by Gasteiger charge is -2.37. The normalized spacial score (nSPS) is 23.3. The first-order chi connectivity index (χ1) is 9.17. The molecule has 106 valence electrons. The smallest absolute Gasteiger partial charge is 0.324 e. The lowest BCUT2D eigenvalue weighted by atomic mass is 9.94. The average molecular weight is 267 g/mol. The fraction of sp³-hybridized carbons (Fsp3) is 0.750. The highest BCUT2D eigenvalue weighted by Gasteiger charge is 2.27. The van der Waals surface area contributed by atoms with Crippen LogP contribution in [0.1, 0.15) is 19.8 Å². The molecule has 19 heavy (non-hydrogen) atoms. The first-order valence-corrected chi connectivity index (χ1v) is 6.48. The van der Waals surface area contributed by atoms with E-state index in [-0.39, 0.29) is 12.0 Å². The SMILES string of the molecule is COc1nc(OC)nc(N2CC(CN)CCC2C)n1. The van der Waals surface area contributed by atoms with Crippen molar-refractivity contribution in [1.29, 1.82) is 0 Å². The number of hydrogen-bond donors (Lipinski definition) is 1. The molecule has 1 aromatic heterocycles. The fourth-order valence-corrected chi connectivity index (χ4v) is 2.29. The Morgan fingerprint density at radius 1 is 1.16 bits per heavy atom. The summed E-state index contributed by atoms with van der Waals surface area (Å²) in [6.45, 7) is 3.70. The zero-order valence-corrected chi connectivity index (χ0v) is 11.7. The van der Waals surface area contributed by atoms with Crippen molar-refractivity contribution < 1.29 is 9.47 Å². The molecule has 1 aromatic rings. The summed E-state index contributed by atoms with van der Waals surface area (Å²) in [5.74, 6) is 1.07. The summed E-state index contributed by atoms with van der Waals surface area (Å²) in [7, 11) is 3.06. The number of rotatable bonds is 4. The number of hydrogen-bond acceptors (Lipinski definition) is 7. The standard InChI is InChI=1S/C12H21N5O2/c1-8-4-5-9(6-13)7-17(8)10-14-11(18-2)16-12(15-10)19-3/h8-9H,4-7,13H2,1-3H3. The van der Waals surface area contributed by atoms with Crippen LogP contribution >= 0.6 is 0 Å².